The molecule has 96 valence electrons. The zero-order valence-electron chi connectivity index (χ0n) is 8.96. The van der Waals surface area contributed by atoms with Crippen molar-refractivity contribution in [2.45, 2.75) is 12.7 Å². The summed E-state index contributed by atoms with van der Waals surface area (Å²) in [5, 5.41) is 2.55. The zero-order chi connectivity index (χ0) is 13.3. The van der Waals surface area contributed by atoms with Gasteiger partial charge in [-0.15, -0.1) is 0 Å². The summed E-state index contributed by atoms with van der Waals surface area (Å²) >= 11 is 5.68. The van der Waals surface area contributed by atoms with Gasteiger partial charge >= 0.3 is 6.18 Å². The summed E-state index contributed by atoms with van der Waals surface area (Å²) in [4.78, 5) is 11.4. The molecule has 0 aliphatic heterocycles. The Hall–Kier alpha value is -1.69. The smallest absolute Gasteiger partial charge is 0.291 e. The van der Waals surface area contributed by atoms with Crippen LogP contribution in [0.5, 0.6) is 0 Å². The first-order valence-electron chi connectivity index (χ1n) is 4.98. The standard InChI is InChI=1S/C11H8ClF3N2O/c12-8-3-1-7(2-4-8)6-17-10(18)5-9(16-17)11(13,14)15/h1-5,16H,6H2. The van der Waals surface area contributed by atoms with Gasteiger partial charge in [0.05, 0.1) is 6.54 Å². The quantitative estimate of drug-likeness (QED) is 0.900. The van der Waals surface area contributed by atoms with Gasteiger partial charge in [-0.05, 0) is 17.7 Å². The lowest BCUT2D eigenvalue weighted by Gasteiger charge is -2.04. The molecular formula is C11H8ClF3N2O. The zero-order valence-corrected chi connectivity index (χ0v) is 9.72. The minimum atomic E-state index is -4.55. The van der Waals surface area contributed by atoms with Gasteiger partial charge in [0.15, 0.2) is 0 Å². The lowest BCUT2D eigenvalue weighted by Crippen LogP contribution is -2.16. The van der Waals surface area contributed by atoms with Crippen LogP contribution in [0.15, 0.2) is 35.1 Å². The van der Waals surface area contributed by atoms with Gasteiger partial charge in [0.2, 0.25) is 0 Å². The average molecular weight is 277 g/mol. The van der Waals surface area contributed by atoms with E-state index in [-0.39, 0.29) is 6.54 Å². The Morgan fingerprint density at radius 2 is 1.83 bits per heavy atom. The van der Waals surface area contributed by atoms with Crippen LogP contribution in [-0.2, 0) is 12.7 Å². The van der Waals surface area contributed by atoms with E-state index in [0.717, 1.165) is 4.68 Å². The average Bonchev–Trinajstić information content (AvgIpc) is 2.63. The number of H-pyrrole nitrogens is 1. The lowest BCUT2D eigenvalue weighted by molar-refractivity contribution is -0.141. The van der Waals surface area contributed by atoms with Crippen LogP contribution in [0.1, 0.15) is 11.3 Å². The van der Waals surface area contributed by atoms with Crippen molar-refractivity contribution in [2.75, 3.05) is 0 Å². The number of aromatic amines is 1. The summed E-state index contributed by atoms with van der Waals surface area (Å²) in [5.41, 5.74) is -1.10. The van der Waals surface area contributed by atoms with Crippen molar-refractivity contribution in [3.05, 3.63) is 57.0 Å². The molecule has 18 heavy (non-hydrogen) atoms. The van der Waals surface area contributed by atoms with E-state index < -0.39 is 17.4 Å². The summed E-state index contributed by atoms with van der Waals surface area (Å²) in [6.07, 6.45) is -4.55. The third-order valence-electron chi connectivity index (χ3n) is 2.35. The van der Waals surface area contributed by atoms with Gasteiger partial charge < -0.3 is 0 Å². The van der Waals surface area contributed by atoms with Crippen LogP contribution in [0.4, 0.5) is 13.2 Å². The van der Waals surface area contributed by atoms with E-state index >= 15 is 0 Å². The summed E-state index contributed by atoms with van der Waals surface area (Å²) in [6.45, 7) is 0.0338. The molecule has 1 aromatic carbocycles. The highest BCUT2D eigenvalue weighted by Gasteiger charge is 2.33. The molecule has 0 bridgehead atoms. The molecule has 1 aromatic heterocycles. The number of hydrogen-bond donors (Lipinski definition) is 1. The normalized spacial score (nSPS) is 11.8. The summed E-state index contributed by atoms with van der Waals surface area (Å²) in [6, 6.07) is 7.03. The maximum absolute atomic E-state index is 12.4. The molecule has 0 saturated carbocycles. The van der Waals surface area contributed by atoms with E-state index in [2.05, 4.69) is 0 Å². The van der Waals surface area contributed by atoms with Crippen LogP contribution in [0, 0.1) is 0 Å². The Balaban J connectivity index is 2.27. The molecule has 0 unspecified atom stereocenters. The Kier molecular flexibility index (Phi) is 3.21. The maximum atomic E-state index is 12.4. The molecule has 1 heterocycles. The molecular weight excluding hydrogens is 269 g/mol. The molecule has 0 aliphatic rings. The van der Waals surface area contributed by atoms with Crippen molar-refractivity contribution in [2.24, 2.45) is 0 Å². The number of hydrogen-bond acceptors (Lipinski definition) is 1. The first kappa shape index (κ1) is 12.8. The number of alkyl halides is 3. The van der Waals surface area contributed by atoms with E-state index in [1.54, 1.807) is 24.3 Å². The molecule has 0 aliphatic carbocycles. The van der Waals surface area contributed by atoms with Crippen molar-refractivity contribution in [1.29, 1.82) is 0 Å². The molecule has 2 aromatic rings. The molecule has 2 rings (SSSR count). The number of rotatable bonds is 2. The fraction of sp³-hybridized carbons (Fsp3) is 0.182. The molecule has 0 atom stereocenters. The molecule has 0 spiro atoms. The second-order valence-corrected chi connectivity index (χ2v) is 4.15. The summed E-state index contributed by atoms with van der Waals surface area (Å²) in [5.74, 6) is 0. The van der Waals surface area contributed by atoms with Crippen LogP contribution in [-0.4, -0.2) is 9.78 Å². The Bertz CT molecular complexity index is 598. The fourth-order valence-electron chi connectivity index (χ4n) is 1.47. The van der Waals surface area contributed by atoms with Crippen LogP contribution in [0.2, 0.25) is 5.02 Å². The van der Waals surface area contributed by atoms with Gasteiger partial charge in [-0.25, -0.2) is 4.68 Å². The minimum Gasteiger partial charge on any atom is -0.291 e. The molecule has 7 heteroatoms. The second-order valence-electron chi connectivity index (χ2n) is 3.72. The minimum absolute atomic E-state index is 0.0338. The van der Waals surface area contributed by atoms with Crippen molar-refractivity contribution >= 4 is 11.6 Å². The van der Waals surface area contributed by atoms with Crippen molar-refractivity contribution in [3.8, 4) is 0 Å². The first-order valence-corrected chi connectivity index (χ1v) is 5.35. The van der Waals surface area contributed by atoms with E-state index in [9.17, 15) is 18.0 Å². The van der Waals surface area contributed by atoms with Crippen molar-refractivity contribution in [1.82, 2.24) is 9.78 Å². The summed E-state index contributed by atoms with van der Waals surface area (Å²) < 4.78 is 38.0. The van der Waals surface area contributed by atoms with Crippen LogP contribution in [0.25, 0.3) is 0 Å². The predicted molar refractivity (Wildman–Crippen MR) is 60.6 cm³/mol. The van der Waals surface area contributed by atoms with Gasteiger partial charge in [-0.1, -0.05) is 23.7 Å². The third-order valence-corrected chi connectivity index (χ3v) is 2.60. The molecule has 0 radical (unpaired) electrons. The van der Waals surface area contributed by atoms with Gasteiger partial charge in [0.25, 0.3) is 5.56 Å². The van der Waals surface area contributed by atoms with Gasteiger partial charge in [-0.2, -0.15) is 13.2 Å². The largest absolute Gasteiger partial charge is 0.432 e. The van der Waals surface area contributed by atoms with Crippen LogP contribution >= 0.6 is 11.6 Å². The SMILES string of the molecule is O=c1cc(C(F)(F)F)[nH]n1Cc1ccc(Cl)cc1. The number of halogens is 4. The first-order chi connectivity index (χ1) is 8.36. The lowest BCUT2D eigenvalue weighted by atomic mass is 10.2. The highest BCUT2D eigenvalue weighted by molar-refractivity contribution is 6.30. The van der Waals surface area contributed by atoms with Gasteiger partial charge in [-0.3, -0.25) is 9.89 Å². The molecule has 0 amide bonds. The molecule has 3 nitrogen and oxygen atoms in total. The number of nitrogens with zero attached hydrogens (tertiary/aromatic N) is 1. The van der Waals surface area contributed by atoms with E-state index in [1.165, 1.54) is 0 Å². The second kappa shape index (κ2) is 4.53. The highest BCUT2D eigenvalue weighted by atomic mass is 35.5. The molecule has 1 N–H and O–H groups in total. The monoisotopic (exact) mass is 276 g/mol. The highest BCUT2D eigenvalue weighted by Crippen LogP contribution is 2.26. The van der Waals surface area contributed by atoms with Crippen LogP contribution < -0.4 is 5.56 Å². The van der Waals surface area contributed by atoms with Gasteiger partial charge in [0.1, 0.15) is 5.69 Å². The predicted octanol–water partition coefficient (Wildman–Crippen LogP) is 2.90. The van der Waals surface area contributed by atoms with Crippen LogP contribution in [0.3, 0.4) is 0 Å². The fourth-order valence-corrected chi connectivity index (χ4v) is 1.60. The molecule has 0 saturated heterocycles. The number of nitrogens with one attached hydrogen (secondary N) is 1. The Labute approximate surface area is 105 Å². The van der Waals surface area contributed by atoms with E-state index in [4.69, 9.17) is 11.6 Å². The molecule has 0 fully saturated rings. The maximum Gasteiger partial charge on any atom is 0.432 e. The summed E-state index contributed by atoms with van der Waals surface area (Å²) in [7, 11) is 0. The Morgan fingerprint density at radius 1 is 1.22 bits per heavy atom. The number of benzene rings is 1. The topological polar surface area (TPSA) is 37.8 Å². The van der Waals surface area contributed by atoms with E-state index in [0.29, 0.717) is 16.7 Å². The van der Waals surface area contributed by atoms with E-state index in [1.807, 2.05) is 5.10 Å². The van der Waals surface area contributed by atoms with Crippen molar-refractivity contribution < 1.29 is 13.2 Å². The van der Waals surface area contributed by atoms with Crippen molar-refractivity contribution in [3.63, 3.8) is 0 Å². The van der Waals surface area contributed by atoms with Gasteiger partial charge in [0, 0.05) is 11.1 Å². The third kappa shape index (κ3) is 2.76. The Morgan fingerprint density at radius 3 is 2.33 bits per heavy atom. The number of aromatic nitrogens is 2.